The number of allylic oxidation sites excluding steroid dienone is 2. The first-order valence-electron chi connectivity index (χ1n) is 10.8. The highest BCUT2D eigenvalue weighted by Gasteiger charge is 2.18. The molecule has 0 aliphatic carbocycles. The molecule has 0 radical (unpaired) electrons. The van der Waals surface area contributed by atoms with Gasteiger partial charge in [0.05, 0.1) is 0 Å². The molecule has 0 aliphatic heterocycles. The lowest BCUT2D eigenvalue weighted by Crippen LogP contribution is -2.18. The summed E-state index contributed by atoms with van der Waals surface area (Å²) >= 11 is 0. The third kappa shape index (κ3) is 10.8. The smallest absolute Gasteiger partial charge is 0.342 e. The normalized spacial score (nSPS) is 12.4. The predicted molar refractivity (Wildman–Crippen MR) is 113 cm³/mol. The molecule has 1 aromatic carbocycles. The number of para-hydroxylation sites is 1. The first-order valence-corrected chi connectivity index (χ1v) is 10.8. The Morgan fingerprint density at radius 1 is 1.00 bits per heavy atom. The van der Waals surface area contributed by atoms with Gasteiger partial charge in [-0.05, 0) is 57.6 Å². The van der Waals surface area contributed by atoms with Crippen LogP contribution in [-0.2, 0) is 4.74 Å². The van der Waals surface area contributed by atoms with Crippen LogP contribution in [0.25, 0.3) is 0 Å². The number of carbonyl (C=O) groups excluding carboxylic acids is 1. The summed E-state index contributed by atoms with van der Waals surface area (Å²) < 4.78 is 5.76. The van der Waals surface area contributed by atoms with E-state index in [2.05, 4.69) is 26.0 Å². The van der Waals surface area contributed by atoms with Crippen molar-refractivity contribution in [3.05, 3.63) is 42.0 Å². The highest BCUT2D eigenvalue weighted by Crippen LogP contribution is 2.21. The molecule has 0 fully saturated rings. The Hall–Kier alpha value is -1.77. The number of unbranched alkanes of at least 4 members (excludes halogenated alkanes) is 8. The zero-order valence-corrected chi connectivity index (χ0v) is 17.3. The van der Waals surface area contributed by atoms with Crippen LogP contribution in [0.15, 0.2) is 36.4 Å². The van der Waals surface area contributed by atoms with Gasteiger partial charge in [0.1, 0.15) is 17.4 Å². The van der Waals surface area contributed by atoms with Gasteiger partial charge in [0.2, 0.25) is 0 Å². The molecule has 1 rings (SSSR count). The van der Waals surface area contributed by atoms with Crippen molar-refractivity contribution in [1.82, 2.24) is 0 Å². The van der Waals surface area contributed by atoms with Gasteiger partial charge in [-0.15, -0.1) is 0 Å². The standard InChI is InChI=1S/C24H38O3/c1-3-5-7-9-10-12-14-18-21(17-13-11-8-6-4-2)27-24(26)22-19-15-16-20-23(22)25/h3,5,15-16,19-21,25H,4,6-14,17-18H2,1-2H3. The molecule has 1 atom stereocenters. The number of esters is 1. The van der Waals surface area contributed by atoms with Gasteiger partial charge in [0, 0.05) is 0 Å². The number of phenolic OH excluding ortho intramolecular Hbond substituents is 1. The second-order valence-electron chi connectivity index (χ2n) is 7.31. The second kappa shape index (κ2) is 15.3. The zero-order valence-electron chi connectivity index (χ0n) is 17.3. The van der Waals surface area contributed by atoms with E-state index in [9.17, 15) is 9.90 Å². The van der Waals surface area contributed by atoms with E-state index in [0.29, 0.717) is 0 Å². The maximum atomic E-state index is 12.4. The van der Waals surface area contributed by atoms with E-state index in [-0.39, 0.29) is 17.4 Å². The second-order valence-corrected chi connectivity index (χ2v) is 7.31. The van der Waals surface area contributed by atoms with Crippen molar-refractivity contribution in [2.75, 3.05) is 0 Å². The predicted octanol–water partition coefficient (Wildman–Crippen LogP) is 7.19. The van der Waals surface area contributed by atoms with Crippen LogP contribution in [0.2, 0.25) is 0 Å². The minimum absolute atomic E-state index is 0.00632. The van der Waals surface area contributed by atoms with E-state index in [1.54, 1.807) is 18.2 Å². The fraction of sp³-hybridized carbons (Fsp3) is 0.625. The summed E-state index contributed by atoms with van der Waals surface area (Å²) in [6.07, 6.45) is 18.0. The van der Waals surface area contributed by atoms with Crippen LogP contribution in [-0.4, -0.2) is 17.2 Å². The summed E-state index contributed by atoms with van der Waals surface area (Å²) in [4.78, 5) is 12.4. The summed E-state index contributed by atoms with van der Waals surface area (Å²) in [7, 11) is 0. The van der Waals surface area contributed by atoms with E-state index in [1.165, 1.54) is 51.0 Å². The van der Waals surface area contributed by atoms with Gasteiger partial charge >= 0.3 is 5.97 Å². The molecule has 1 aromatic rings. The van der Waals surface area contributed by atoms with Gasteiger partial charge in [0.25, 0.3) is 0 Å². The monoisotopic (exact) mass is 374 g/mol. The van der Waals surface area contributed by atoms with Gasteiger partial charge in [-0.25, -0.2) is 4.79 Å². The van der Waals surface area contributed by atoms with Gasteiger partial charge in [-0.2, -0.15) is 0 Å². The van der Waals surface area contributed by atoms with Gasteiger partial charge < -0.3 is 9.84 Å². The molecular formula is C24H38O3. The van der Waals surface area contributed by atoms with E-state index >= 15 is 0 Å². The molecule has 0 bridgehead atoms. The molecule has 0 amide bonds. The summed E-state index contributed by atoms with van der Waals surface area (Å²) in [5, 5.41) is 9.88. The first-order chi connectivity index (χ1) is 13.2. The molecular weight excluding hydrogens is 336 g/mol. The van der Waals surface area contributed by atoms with Crippen molar-refractivity contribution >= 4 is 5.97 Å². The number of hydrogen-bond donors (Lipinski definition) is 1. The minimum Gasteiger partial charge on any atom is -0.507 e. The lowest BCUT2D eigenvalue weighted by Gasteiger charge is -2.18. The Morgan fingerprint density at radius 2 is 1.63 bits per heavy atom. The molecule has 0 heterocycles. The van der Waals surface area contributed by atoms with Crippen molar-refractivity contribution in [3.8, 4) is 5.75 Å². The number of benzene rings is 1. The summed E-state index contributed by atoms with van der Waals surface area (Å²) in [5.41, 5.74) is 0.264. The number of ether oxygens (including phenoxy) is 1. The van der Waals surface area contributed by atoms with E-state index in [0.717, 1.165) is 32.1 Å². The van der Waals surface area contributed by atoms with Crippen LogP contribution < -0.4 is 0 Å². The molecule has 0 saturated carbocycles. The SMILES string of the molecule is CC=CCCCCCCC(CCCCCCC)OC(=O)c1ccccc1O. The molecule has 1 N–H and O–H groups in total. The van der Waals surface area contributed by atoms with Crippen molar-refractivity contribution in [2.24, 2.45) is 0 Å². The average molecular weight is 375 g/mol. The number of phenols is 1. The minimum atomic E-state index is -0.403. The Kier molecular flexibility index (Phi) is 13.2. The Morgan fingerprint density at radius 3 is 2.26 bits per heavy atom. The molecule has 1 unspecified atom stereocenters. The van der Waals surface area contributed by atoms with Crippen LogP contribution in [0, 0.1) is 0 Å². The topological polar surface area (TPSA) is 46.5 Å². The van der Waals surface area contributed by atoms with Crippen molar-refractivity contribution in [1.29, 1.82) is 0 Å². The Bertz CT molecular complexity index is 536. The highest BCUT2D eigenvalue weighted by molar-refractivity contribution is 5.92. The van der Waals surface area contributed by atoms with Crippen LogP contribution in [0.5, 0.6) is 5.75 Å². The third-order valence-corrected chi connectivity index (χ3v) is 4.91. The van der Waals surface area contributed by atoms with Crippen molar-refractivity contribution in [3.63, 3.8) is 0 Å². The third-order valence-electron chi connectivity index (χ3n) is 4.91. The summed E-state index contributed by atoms with van der Waals surface area (Å²) in [5.74, 6) is -0.409. The number of carbonyl (C=O) groups is 1. The molecule has 152 valence electrons. The zero-order chi connectivity index (χ0) is 19.7. The Balaban J connectivity index is 2.44. The van der Waals surface area contributed by atoms with E-state index in [4.69, 9.17) is 4.74 Å². The van der Waals surface area contributed by atoms with Crippen molar-refractivity contribution in [2.45, 2.75) is 97.0 Å². The van der Waals surface area contributed by atoms with E-state index < -0.39 is 5.97 Å². The van der Waals surface area contributed by atoms with E-state index in [1.807, 2.05) is 0 Å². The van der Waals surface area contributed by atoms with Gasteiger partial charge in [-0.3, -0.25) is 0 Å². The molecule has 0 saturated heterocycles. The largest absolute Gasteiger partial charge is 0.507 e. The molecule has 0 spiro atoms. The van der Waals surface area contributed by atoms with Crippen molar-refractivity contribution < 1.29 is 14.6 Å². The lowest BCUT2D eigenvalue weighted by atomic mass is 10.0. The quantitative estimate of drug-likeness (QED) is 0.201. The van der Waals surface area contributed by atoms with Crippen LogP contribution in [0.3, 0.4) is 0 Å². The number of rotatable bonds is 15. The van der Waals surface area contributed by atoms with Gasteiger partial charge in [0.15, 0.2) is 0 Å². The maximum Gasteiger partial charge on any atom is 0.342 e. The highest BCUT2D eigenvalue weighted by atomic mass is 16.5. The molecule has 3 heteroatoms. The summed E-state index contributed by atoms with van der Waals surface area (Å²) in [6.45, 7) is 4.28. The van der Waals surface area contributed by atoms with Crippen LogP contribution in [0.1, 0.15) is 101 Å². The van der Waals surface area contributed by atoms with Crippen LogP contribution >= 0.6 is 0 Å². The molecule has 0 aromatic heterocycles. The summed E-state index contributed by atoms with van der Waals surface area (Å²) in [6, 6.07) is 6.62. The maximum absolute atomic E-state index is 12.4. The number of hydrogen-bond acceptors (Lipinski definition) is 3. The van der Waals surface area contributed by atoms with Gasteiger partial charge in [-0.1, -0.05) is 69.7 Å². The lowest BCUT2D eigenvalue weighted by molar-refractivity contribution is 0.0246. The average Bonchev–Trinajstić information content (AvgIpc) is 2.67. The first kappa shape index (κ1) is 23.3. The fourth-order valence-electron chi connectivity index (χ4n) is 3.25. The molecule has 27 heavy (non-hydrogen) atoms. The number of aromatic hydroxyl groups is 1. The molecule has 3 nitrogen and oxygen atoms in total. The molecule has 0 aliphatic rings. The van der Waals surface area contributed by atoms with Crippen LogP contribution in [0.4, 0.5) is 0 Å². The fourth-order valence-corrected chi connectivity index (χ4v) is 3.25. The Labute approximate surface area is 165 Å².